The highest BCUT2D eigenvalue weighted by Gasteiger charge is 2.22. The molecule has 0 amide bonds. The highest BCUT2D eigenvalue weighted by atomic mass is 79.9. The maximum absolute atomic E-state index is 6.07. The van der Waals surface area contributed by atoms with Crippen LogP contribution in [0.4, 0.5) is 0 Å². The summed E-state index contributed by atoms with van der Waals surface area (Å²) in [6.07, 6.45) is 0. The highest BCUT2D eigenvalue weighted by molar-refractivity contribution is 9.10. The zero-order chi connectivity index (χ0) is 12.0. The number of piperazine rings is 1. The van der Waals surface area contributed by atoms with Crippen molar-refractivity contribution in [2.75, 3.05) is 26.7 Å². The van der Waals surface area contributed by atoms with Gasteiger partial charge in [-0.05, 0) is 29.0 Å². The van der Waals surface area contributed by atoms with Crippen LogP contribution in [0.25, 0.3) is 10.2 Å². The predicted molar refractivity (Wildman–Crippen MR) is 76.1 cm³/mol. The number of hydrogen-bond acceptors (Lipinski definition) is 2. The van der Waals surface area contributed by atoms with Gasteiger partial charge in [-0.25, -0.2) is 5.32 Å². The Labute approximate surface area is 117 Å². The molecule has 3 heterocycles. The predicted octanol–water partition coefficient (Wildman–Crippen LogP) is 3.24. The summed E-state index contributed by atoms with van der Waals surface area (Å²) in [5.41, 5.74) is 2.29. The smallest absolute Gasteiger partial charge is 0.110 e. The number of aromatic amines is 1. The Hall–Kier alpha value is -0.0700. The Morgan fingerprint density at radius 3 is 3.18 bits per heavy atom. The van der Waals surface area contributed by atoms with Gasteiger partial charge in [0.05, 0.1) is 20.7 Å². The molecule has 1 aliphatic heterocycles. The molecule has 3 rings (SSSR count). The lowest BCUT2D eigenvalue weighted by molar-refractivity contribution is 0.234. The molecule has 0 aliphatic carbocycles. The highest BCUT2D eigenvalue weighted by Crippen LogP contribution is 2.40. The van der Waals surface area contributed by atoms with E-state index in [4.69, 9.17) is 11.6 Å². The maximum atomic E-state index is 6.07. The molecule has 91 valence electrons. The van der Waals surface area contributed by atoms with Gasteiger partial charge in [-0.3, -0.25) is 0 Å². The molecule has 1 unspecified atom stereocenters. The molecule has 3 nitrogen and oxygen atoms in total. The van der Waals surface area contributed by atoms with Crippen molar-refractivity contribution in [1.29, 1.82) is 0 Å². The third kappa shape index (κ3) is 2.15. The number of hydrogen-bond donors (Lipinski definition) is 1. The first kappa shape index (κ1) is 12.0. The fourth-order valence-corrected chi connectivity index (χ4v) is 4.00. The zero-order valence-corrected chi connectivity index (χ0v) is 12.5. The lowest BCUT2D eigenvalue weighted by Crippen LogP contribution is -2.40. The zero-order valence-electron chi connectivity index (χ0n) is 9.33. The summed E-state index contributed by atoms with van der Waals surface area (Å²) in [6, 6.07) is 2.43. The van der Waals surface area contributed by atoms with Gasteiger partial charge in [0.2, 0.25) is 0 Å². The van der Waals surface area contributed by atoms with Crippen LogP contribution in [0.15, 0.2) is 10.5 Å². The SMILES string of the molecule is CN1CC[N]C(c2cc3sc(Cl)c(Br)c3[nH]2)C1. The van der Waals surface area contributed by atoms with Crippen molar-refractivity contribution < 1.29 is 0 Å². The summed E-state index contributed by atoms with van der Waals surface area (Å²) in [7, 11) is 2.14. The number of likely N-dealkylation sites (N-methyl/N-ethyl adjacent to an activating group) is 1. The summed E-state index contributed by atoms with van der Waals surface area (Å²) in [5, 5.41) is 4.66. The number of thiophene rings is 1. The molecule has 0 saturated carbocycles. The fourth-order valence-electron chi connectivity index (χ4n) is 2.14. The van der Waals surface area contributed by atoms with E-state index >= 15 is 0 Å². The Morgan fingerprint density at radius 1 is 1.65 bits per heavy atom. The van der Waals surface area contributed by atoms with Crippen LogP contribution >= 0.6 is 38.9 Å². The number of aromatic nitrogens is 1. The number of rotatable bonds is 1. The first-order valence-electron chi connectivity index (χ1n) is 5.46. The van der Waals surface area contributed by atoms with Gasteiger partial charge in [-0.2, -0.15) is 0 Å². The molecule has 0 spiro atoms. The number of nitrogens with zero attached hydrogens (tertiary/aromatic N) is 2. The van der Waals surface area contributed by atoms with E-state index in [0.717, 1.165) is 34.0 Å². The molecule has 0 bridgehead atoms. The minimum Gasteiger partial charge on any atom is -0.355 e. The summed E-state index contributed by atoms with van der Waals surface area (Å²) < 4.78 is 2.96. The van der Waals surface area contributed by atoms with Crippen molar-refractivity contribution in [2.45, 2.75) is 6.04 Å². The molecule has 2 aromatic heterocycles. The summed E-state index contributed by atoms with van der Waals surface area (Å²) in [6.45, 7) is 2.95. The van der Waals surface area contributed by atoms with Crippen LogP contribution in [-0.2, 0) is 0 Å². The number of fused-ring (bicyclic) bond motifs is 1. The van der Waals surface area contributed by atoms with Crippen LogP contribution in [0.1, 0.15) is 11.7 Å². The van der Waals surface area contributed by atoms with Crippen molar-refractivity contribution in [3.63, 3.8) is 0 Å². The van der Waals surface area contributed by atoms with Crippen LogP contribution in [-0.4, -0.2) is 36.6 Å². The second kappa shape index (κ2) is 4.55. The van der Waals surface area contributed by atoms with Gasteiger partial charge < -0.3 is 9.88 Å². The maximum Gasteiger partial charge on any atom is 0.110 e. The first-order valence-corrected chi connectivity index (χ1v) is 7.45. The van der Waals surface area contributed by atoms with Crippen LogP contribution in [0, 0.1) is 0 Å². The van der Waals surface area contributed by atoms with E-state index < -0.39 is 0 Å². The van der Waals surface area contributed by atoms with Gasteiger partial charge in [0.25, 0.3) is 0 Å². The lowest BCUT2D eigenvalue weighted by Gasteiger charge is -2.28. The molecule has 2 aromatic rings. The average molecular weight is 334 g/mol. The van der Waals surface area contributed by atoms with E-state index in [1.807, 2.05) is 0 Å². The van der Waals surface area contributed by atoms with E-state index in [1.165, 1.54) is 10.4 Å². The normalized spacial score (nSPS) is 22.4. The average Bonchev–Trinajstić information content (AvgIpc) is 2.81. The number of nitrogens with one attached hydrogen (secondary N) is 1. The Morgan fingerprint density at radius 2 is 2.47 bits per heavy atom. The summed E-state index contributed by atoms with van der Waals surface area (Å²) in [5.74, 6) is 0. The van der Waals surface area contributed by atoms with Gasteiger partial charge in [0.1, 0.15) is 4.34 Å². The minimum absolute atomic E-state index is 0.263. The largest absolute Gasteiger partial charge is 0.355 e. The molecular weight excluding hydrogens is 322 g/mol. The second-order valence-corrected chi connectivity index (χ2v) is 6.79. The van der Waals surface area contributed by atoms with Crippen LogP contribution in [0.5, 0.6) is 0 Å². The van der Waals surface area contributed by atoms with Crippen LogP contribution in [0.2, 0.25) is 4.34 Å². The molecule has 17 heavy (non-hydrogen) atoms. The standard InChI is InChI=1S/C11H12BrClN3S/c1-16-3-2-14-7(5-16)6-4-8-10(15-6)9(12)11(13)17-8/h4,7,15H,2-3,5H2,1H3. The fraction of sp³-hybridized carbons (Fsp3) is 0.455. The van der Waals surface area contributed by atoms with Gasteiger partial charge >= 0.3 is 0 Å². The first-order chi connectivity index (χ1) is 8.15. The molecule has 1 N–H and O–H groups in total. The molecule has 1 saturated heterocycles. The molecule has 1 atom stereocenters. The number of halogens is 2. The van der Waals surface area contributed by atoms with Gasteiger partial charge in [0, 0.05) is 25.3 Å². The minimum atomic E-state index is 0.263. The van der Waals surface area contributed by atoms with Gasteiger partial charge in [-0.1, -0.05) is 11.6 Å². The van der Waals surface area contributed by atoms with E-state index in [9.17, 15) is 0 Å². The molecule has 1 radical (unpaired) electrons. The van der Waals surface area contributed by atoms with Crippen molar-refractivity contribution >= 4 is 49.1 Å². The van der Waals surface area contributed by atoms with Crippen LogP contribution in [0.3, 0.4) is 0 Å². The van der Waals surface area contributed by atoms with E-state index in [-0.39, 0.29) is 6.04 Å². The van der Waals surface area contributed by atoms with Gasteiger partial charge in [0.15, 0.2) is 0 Å². The molecule has 1 fully saturated rings. The van der Waals surface area contributed by atoms with Crippen LogP contribution < -0.4 is 5.32 Å². The van der Waals surface area contributed by atoms with Crippen molar-refractivity contribution in [2.24, 2.45) is 0 Å². The molecule has 0 aromatic carbocycles. The topological polar surface area (TPSA) is 33.1 Å². The van der Waals surface area contributed by atoms with Crippen molar-refractivity contribution in [3.05, 3.63) is 20.6 Å². The Balaban J connectivity index is 1.95. The van der Waals surface area contributed by atoms with E-state index in [2.05, 4.69) is 44.2 Å². The lowest BCUT2D eigenvalue weighted by atomic mass is 10.1. The summed E-state index contributed by atoms with van der Waals surface area (Å²) >= 11 is 11.2. The van der Waals surface area contributed by atoms with Crippen molar-refractivity contribution in [1.82, 2.24) is 15.2 Å². The quantitative estimate of drug-likeness (QED) is 0.854. The Kier molecular flexibility index (Phi) is 3.21. The molecular formula is C11H12BrClN3S. The molecule has 1 aliphatic rings. The summed E-state index contributed by atoms with van der Waals surface area (Å²) in [4.78, 5) is 5.75. The van der Waals surface area contributed by atoms with E-state index in [1.54, 1.807) is 11.3 Å². The Bertz CT molecular complexity index is 550. The van der Waals surface area contributed by atoms with Crippen molar-refractivity contribution in [3.8, 4) is 0 Å². The monoisotopic (exact) mass is 332 g/mol. The third-order valence-corrected chi connectivity index (χ3v) is 5.70. The second-order valence-electron chi connectivity index (χ2n) is 4.34. The number of H-pyrrole nitrogens is 1. The van der Waals surface area contributed by atoms with E-state index in [0.29, 0.717) is 0 Å². The van der Waals surface area contributed by atoms with Gasteiger partial charge in [-0.15, -0.1) is 11.3 Å². The third-order valence-electron chi connectivity index (χ3n) is 3.07. The molecule has 6 heteroatoms.